The van der Waals surface area contributed by atoms with Gasteiger partial charge in [-0.25, -0.2) is 0 Å². The Bertz CT molecular complexity index is 1530. The maximum Gasteiger partial charge on any atom is 2.00 e. The first-order valence-electron chi connectivity index (χ1n) is 15.2. The van der Waals surface area contributed by atoms with E-state index in [0.717, 1.165) is 32.1 Å². The van der Waals surface area contributed by atoms with E-state index in [0.29, 0.717) is 0 Å². The molecule has 230 valence electrons. The van der Waals surface area contributed by atoms with Crippen LogP contribution in [0.1, 0.15) is 56.4 Å². The van der Waals surface area contributed by atoms with E-state index in [4.69, 9.17) is 0 Å². The summed E-state index contributed by atoms with van der Waals surface area (Å²) in [6.45, 7) is 15.6. The van der Waals surface area contributed by atoms with Crippen LogP contribution < -0.4 is 24.8 Å². The van der Waals surface area contributed by atoms with Crippen molar-refractivity contribution in [3.8, 4) is 22.3 Å². The molecular formula is C41H44Cl2Ti-4. The molecule has 6 aromatic carbocycles. The molecule has 0 nitrogen and oxygen atoms in total. The van der Waals surface area contributed by atoms with Crippen molar-refractivity contribution in [2.24, 2.45) is 0 Å². The molecule has 0 heterocycles. The maximum absolute atomic E-state index is 3.38. The minimum absolute atomic E-state index is 0. The predicted octanol–water partition coefficient (Wildman–Crippen LogP) is 5.75. The van der Waals surface area contributed by atoms with E-state index in [2.05, 4.69) is 151 Å². The summed E-state index contributed by atoms with van der Waals surface area (Å²) in [5.41, 5.74) is 11.0. The second kappa shape index (κ2) is 19.7. The second-order valence-corrected chi connectivity index (χ2v) is 10.5. The summed E-state index contributed by atoms with van der Waals surface area (Å²) < 4.78 is 0. The average molecular weight is 656 g/mol. The van der Waals surface area contributed by atoms with E-state index >= 15 is 0 Å². The molecule has 0 radical (unpaired) electrons. The van der Waals surface area contributed by atoms with E-state index < -0.39 is 0 Å². The van der Waals surface area contributed by atoms with Gasteiger partial charge < -0.3 is 45.1 Å². The molecule has 3 heteroatoms. The number of halogens is 2. The third kappa shape index (κ3) is 9.70. The zero-order valence-corrected chi connectivity index (χ0v) is 29.7. The summed E-state index contributed by atoms with van der Waals surface area (Å²) in [4.78, 5) is 0. The van der Waals surface area contributed by atoms with E-state index in [1.54, 1.807) is 0 Å². The van der Waals surface area contributed by atoms with Crippen LogP contribution in [0, 0.1) is 13.8 Å². The molecule has 0 unspecified atom stereocenters. The largest absolute Gasteiger partial charge is 2.00 e. The third-order valence-corrected chi connectivity index (χ3v) is 7.78. The Morgan fingerprint density at radius 2 is 0.841 bits per heavy atom. The SMILES string of the molecule is CCc1ccc(-c2cccc3[cH-]c(CC)cc23)cc1.CCc1ccc(-c2cccc3[cH-]c(CC)cc23)cc1.[CH2-]C[CH2-].[Cl-].[Cl-].[Ti+2]. The number of benzene rings is 4. The van der Waals surface area contributed by atoms with Crippen LogP contribution in [-0.4, -0.2) is 0 Å². The number of aryl methyl sites for hydroxylation is 4. The van der Waals surface area contributed by atoms with Gasteiger partial charge in [-0.05, 0) is 47.9 Å². The normalized spacial score (nSPS) is 9.95. The van der Waals surface area contributed by atoms with Gasteiger partial charge in [-0.3, -0.25) is 0 Å². The molecule has 0 aliphatic carbocycles. The Morgan fingerprint density at radius 1 is 0.500 bits per heavy atom. The van der Waals surface area contributed by atoms with Gasteiger partial charge in [0.15, 0.2) is 0 Å². The fourth-order valence-corrected chi connectivity index (χ4v) is 5.35. The van der Waals surface area contributed by atoms with Gasteiger partial charge in [0.25, 0.3) is 0 Å². The Hall–Kier alpha value is -2.61. The molecule has 0 saturated heterocycles. The van der Waals surface area contributed by atoms with Crippen molar-refractivity contribution >= 4 is 21.5 Å². The first-order chi connectivity index (χ1) is 20.0. The predicted molar refractivity (Wildman–Crippen MR) is 183 cm³/mol. The quantitative estimate of drug-likeness (QED) is 0.159. The molecule has 6 aromatic rings. The monoisotopic (exact) mass is 654 g/mol. The molecule has 0 atom stereocenters. The van der Waals surface area contributed by atoms with Crippen molar-refractivity contribution in [2.45, 2.75) is 59.8 Å². The van der Waals surface area contributed by atoms with Crippen LogP contribution in [0.5, 0.6) is 0 Å². The summed E-state index contributed by atoms with van der Waals surface area (Å²) in [7, 11) is 0. The zero-order valence-electron chi connectivity index (χ0n) is 26.6. The molecule has 0 aromatic heterocycles. The van der Waals surface area contributed by atoms with Crippen LogP contribution in [0.2, 0.25) is 0 Å². The van der Waals surface area contributed by atoms with E-state index in [1.807, 2.05) is 0 Å². The summed E-state index contributed by atoms with van der Waals surface area (Å²) in [6, 6.07) is 40.4. The Labute approximate surface area is 293 Å². The number of rotatable bonds is 6. The van der Waals surface area contributed by atoms with Gasteiger partial charge in [-0.2, -0.15) is 12.1 Å². The van der Waals surface area contributed by atoms with E-state index in [-0.39, 0.29) is 46.5 Å². The average Bonchev–Trinajstić information content (AvgIpc) is 3.66. The van der Waals surface area contributed by atoms with Crippen LogP contribution in [0.25, 0.3) is 43.8 Å². The second-order valence-electron chi connectivity index (χ2n) is 10.5. The minimum Gasteiger partial charge on any atom is -1.00 e. The maximum atomic E-state index is 3.38. The van der Waals surface area contributed by atoms with Crippen molar-refractivity contribution in [3.63, 3.8) is 0 Å². The smallest absolute Gasteiger partial charge is 1.00 e. The molecule has 0 N–H and O–H groups in total. The molecule has 0 spiro atoms. The summed E-state index contributed by atoms with van der Waals surface area (Å²) in [5, 5.41) is 5.47. The first-order valence-corrected chi connectivity index (χ1v) is 15.2. The zero-order chi connectivity index (χ0) is 29.2. The fourth-order valence-electron chi connectivity index (χ4n) is 5.35. The molecule has 0 saturated carbocycles. The van der Waals surface area contributed by atoms with Crippen molar-refractivity contribution in [2.75, 3.05) is 0 Å². The molecule has 0 bridgehead atoms. The fraction of sp³-hybridized carbons (Fsp3) is 0.220. The van der Waals surface area contributed by atoms with Crippen LogP contribution in [0.3, 0.4) is 0 Å². The standard InChI is InChI=1S/2C19H19.C3H6.2ClH.Ti/c2*1-3-14-8-10-16(11-9-14)18-7-5-6-17-12-15(4-2)13-19(17)18;1-3-2;;;/h2*5-13H,3-4H2,1-2H3;1-3H2;2*1H;/q2*-1;-2;;;+2/p-2. The molecule has 6 rings (SSSR count). The van der Waals surface area contributed by atoms with Gasteiger partial charge in [-0.15, -0.1) is 69.1 Å². The molecule has 0 aliphatic rings. The van der Waals surface area contributed by atoms with Gasteiger partial charge >= 0.3 is 21.7 Å². The molecule has 44 heavy (non-hydrogen) atoms. The number of fused-ring (bicyclic) bond motifs is 2. The van der Waals surface area contributed by atoms with Crippen LogP contribution in [0.4, 0.5) is 0 Å². The van der Waals surface area contributed by atoms with Crippen LogP contribution in [0.15, 0.2) is 109 Å². The van der Waals surface area contributed by atoms with E-state index in [9.17, 15) is 0 Å². The van der Waals surface area contributed by atoms with Gasteiger partial charge in [0.1, 0.15) is 0 Å². The van der Waals surface area contributed by atoms with Crippen molar-refractivity contribution in [1.29, 1.82) is 0 Å². The van der Waals surface area contributed by atoms with Crippen molar-refractivity contribution < 1.29 is 46.5 Å². The van der Waals surface area contributed by atoms with Gasteiger partial charge in [0, 0.05) is 0 Å². The van der Waals surface area contributed by atoms with Crippen molar-refractivity contribution in [3.05, 3.63) is 145 Å². The summed E-state index contributed by atoms with van der Waals surface area (Å²) >= 11 is 0. The van der Waals surface area contributed by atoms with Gasteiger partial charge in [-0.1, -0.05) is 99.5 Å². The minimum atomic E-state index is 0. The Morgan fingerprint density at radius 3 is 1.14 bits per heavy atom. The number of hydrogen-bond donors (Lipinski definition) is 0. The molecular weight excluding hydrogens is 611 g/mol. The Kier molecular flexibility index (Phi) is 17.7. The number of hydrogen-bond acceptors (Lipinski definition) is 0. The first kappa shape index (κ1) is 39.4. The van der Waals surface area contributed by atoms with Crippen LogP contribution in [-0.2, 0) is 47.4 Å². The molecule has 0 fully saturated rings. The van der Waals surface area contributed by atoms with Gasteiger partial charge in [0.05, 0.1) is 0 Å². The van der Waals surface area contributed by atoms with Crippen molar-refractivity contribution in [1.82, 2.24) is 0 Å². The van der Waals surface area contributed by atoms with E-state index in [1.165, 1.54) is 66.1 Å². The summed E-state index contributed by atoms with van der Waals surface area (Å²) in [6.07, 6.45) is 5.15. The van der Waals surface area contributed by atoms with Gasteiger partial charge in [0.2, 0.25) is 0 Å². The third-order valence-electron chi connectivity index (χ3n) is 7.78. The topological polar surface area (TPSA) is 0 Å². The Balaban J connectivity index is 0.000000380. The summed E-state index contributed by atoms with van der Waals surface area (Å²) in [5.74, 6) is 0. The van der Waals surface area contributed by atoms with Crippen LogP contribution >= 0.6 is 0 Å². The molecule has 0 amide bonds. The molecule has 0 aliphatic heterocycles.